The second-order valence-electron chi connectivity index (χ2n) is 6.43. The molecule has 3 N–H and O–H groups in total. The lowest BCUT2D eigenvalue weighted by Gasteiger charge is -2.13. The molecular weight excluding hydrogens is 366 g/mol. The lowest BCUT2D eigenvalue weighted by atomic mass is 10.2. The van der Waals surface area contributed by atoms with E-state index in [9.17, 15) is 9.59 Å². The van der Waals surface area contributed by atoms with Crippen molar-refractivity contribution in [3.05, 3.63) is 84.4 Å². The highest BCUT2D eigenvalue weighted by Gasteiger charge is 2.07. The van der Waals surface area contributed by atoms with E-state index in [1.54, 1.807) is 24.3 Å². The van der Waals surface area contributed by atoms with Crippen molar-refractivity contribution in [2.75, 3.05) is 22.5 Å². The molecule has 0 bridgehead atoms. The smallest absolute Gasteiger partial charge is 0.243 e. The van der Waals surface area contributed by atoms with Crippen LogP contribution in [-0.4, -0.2) is 18.4 Å². The molecule has 0 spiro atoms. The summed E-state index contributed by atoms with van der Waals surface area (Å²) < 4.78 is 5.89. The molecular formula is C23H23N3O3. The average Bonchev–Trinajstić information content (AvgIpc) is 2.72. The molecule has 6 nitrogen and oxygen atoms in total. The number of anilines is 3. The Labute approximate surface area is 169 Å². The standard InChI is InChI=1S/C23H23N3O3/c1-17(27)25-19-10-7-11-20(14-19)26-23(28)15-24-21-12-5-6-13-22(21)29-16-18-8-3-2-4-9-18/h2-14,24H,15-16H2,1H3,(H,25,27)(H,26,28). The minimum atomic E-state index is -0.206. The van der Waals surface area contributed by atoms with Gasteiger partial charge in [-0.15, -0.1) is 0 Å². The first kappa shape index (κ1) is 19.9. The van der Waals surface area contributed by atoms with Gasteiger partial charge in [0, 0.05) is 18.3 Å². The average molecular weight is 389 g/mol. The van der Waals surface area contributed by atoms with E-state index in [4.69, 9.17) is 4.74 Å². The van der Waals surface area contributed by atoms with Gasteiger partial charge in [0.15, 0.2) is 0 Å². The predicted molar refractivity (Wildman–Crippen MR) is 115 cm³/mol. The molecule has 0 radical (unpaired) electrons. The number of benzene rings is 3. The number of rotatable bonds is 8. The SMILES string of the molecule is CC(=O)Nc1cccc(NC(=O)CNc2ccccc2OCc2ccccc2)c1. The van der Waals surface area contributed by atoms with Crippen LogP contribution in [0.2, 0.25) is 0 Å². The van der Waals surface area contributed by atoms with Gasteiger partial charge in [-0.05, 0) is 35.9 Å². The van der Waals surface area contributed by atoms with Crippen LogP contribution in [0.15, 0.2) is 78.9 Å². The fourth-order valence-corrected chi connectivity index (χ4v) is 2.73. The van der Waals surface area contributed by atoms with Crippen molar-refractivity contribution in [2.24, 2.45) is 0 Å². The molecule has 0 saturated carbocycles. The van der Waals surface area contributed by atoms with Gasteiger partial charge in [-0.1, -0.05) is 48.5 Å². The summed E-state index contributed by atoms with van der Waals surface area (Å²) in [5.74, 6) is 0.307. The van der Waals surface area contributed by atoms with Crippen LogP contribution in [0.1, 0.15) is 12.5 Å². The normalized spacial score (nSPS) is 10.1. The fourth-order valence-electron chi connectivity index (χ4n) is 2.73. The maximum absolute atomic E-state index is 12.3. The first-order valence-corrected chi connectivity index (χ1v) is 9.27. The van der Waals surface area contributed by atoms with Gasteiger partial charge >= 0.3 is 0 Å². The Morgan fingerprint density at radius 3 is 2.28 bits per heavy atom. The Balaban J connectivity index is 1.56. The third-order valence-electron chi connectivity index (χ3n) is 4.03. The van der Waals surface area contributed by atoms with E-state index in [1.165, 1.54) is 6.92 Å². The maximum Gasteiger partial charge on any atom is 0.243 e. The summed E-state index contributed by atoms with van der Waals surface area (Å²) in [6, 6.07) is 24.4. The second kappa shape index (κ2) is 9.94. The predicted octanol–water partition coefficient (Wildman–Crippen LogP) is 4.27. The Morgan fingerprint density at radius 1 is 0.828 bits per heavy atom. The van der Waals surface area contributed by atoms with Gasteiger partial charge in [0.2, 0.25) is 11.8 Å². The van der Waals surface area contributed by atoms with Crippen LogP contribution in [-0.2, 0) is 16.2 Å². The van der Waals surface area contributed by atoms with Crippen LogP contribution in [0.4, 0.5) is 17.1 Å². The van der Waals surface area contributed by atoms with Crippen LogP contribution in [0, 0.1) is 0 Å². The van der Waals surface area contributed by atoms with E-state index >= 15 is 0 Å². The highest BCUT2D eigenvalue weighted by molar-refractivity contribution is 5.95. The minimum Gasteiger partial charge on any atom is -0.487 e. The summed E-state index contributed by atoms with van der Waals surface area (Å²) in [6.07, 6.45) is 0. The van der Waals surface area contributed by atoms with Gasteiger partial charge in [0.25, 0.3) is 0 Å². The topological polar surface area (TPSA) is 79.5 Å². The fraction of sp³-hybridized carbons (Fsp3) is 0.130. The Kier molecular flexibility index (Phi) is 6.84. The second-order valence-corrected chi connectivity index (χ2v) is 6.43. The molecule has 2 amide bonds. The number of carbonyl (C=O) groups excluding carboxylic acids is 2. The number of carbonyl (C=O) groups is 2. The number of ether oxygens (including phenoxy) is 1. The molecule has 0 fully saturated rings. The van der Waals surface area contributed by atoms with Crippen LogP contribution in [0.5, 0.6) is 5.75 Å². The zero-order chi connectivity index (χ0) is 20.5. The molecule has 0 heterocycles. The van der Waals surface area contributed by atoms with Gasteiger partial charge in [0.1, 0.15) is 12.4 Å². The summed E-state index contributed by atoms with van der Waals surface area (Å²) in [5, 5.41) is 8.61. The van der Waals surface area contributed by atoms with E-state index in [-0.39, 0.29) is 18.4 Å². The monoisotopic (exact) mass is 389 g/mol. The van der Waals surface area contributed by atoms with Gasteiger partial charge in [-0.2, -0.15) is 0 Å². The van der Waals surface area contributed by atoms with Crippen molar-refractivity contribution in [2.45, 2.75) is 13.5 Å². The van der Waals surface area contributed by atoms with Crippen LogP contribution in [0.3, 0.4) is 0 Å². The lowest BCUT2D eigenvalue weighted by Crippen LogP contribution is -2.22. The quantitative estimate of drug-likeness (QED) is 0.537. The van der Waals surface area contributed by atoms with Crippen LogP contribution in [0.25, 0.3) is 0 Å². The molecule has 0 atom stereocenters. The zero-order valence-electron chi connectivity index (χ0n) is 16.1. The summed E-state index contributed by atoms with van der Waals surface area (Å²) in [7, 11) is 0. The molecule has 0 unspecified atom stereocenters. The van der Waals surface area contributed by atoms with Gasteiger partial charge in [-0.3, -0.25) is 9.59 Å². The number of para-hydroxylation sites is 2. The summed E-state index contributed by atoms with van der Waals surface area (Å²) >= 11 is 0. The molecule has 6 heteroatoms. The van der Waals surface area contributed by atoms with E-state index in [0.29, 0.717) is 23.7 Å². The molecule has 0 aliphatic carbocycles. The lowest BCUT2D eigenvalue weighted by molar-refractivity contribution is -0.115. The molecule has 3 rings (SSSR count). The minimum absolute atomic E-state index is 0.0794. The molecule has 3 aromatic carbocycles. The highest BCUT2D eigenvalue weighted by Crippen LogP contribution is 2.24. The largest absolute Gasteiger partial charge is 0.487 e. The number of amides is 2. The van der Waals surface area contributed by atoms with Crippen molar-refractivity contribution in [3.63, 3.8) is 0 Å². The maximum atomic E-state index is 12.3. The van der Waals surface area contributed by atoms with E-state index in [0.717, 1.165) is 11.3 Å². The van der Waals surface area contributed by atoms with Crippen molar-refractivity contribution in [1.29, 1.82) is 0 Å². The summed E-state index contributed by atoms with van der Waals surface area (Å²) in [5.41, 5.74) is 3.05. The Hall–Kier alpha value is -3.80. The molecule has 29 heavy (non-hydrogen) atoms. The first-order chi connectivity index (χ1) is 14.1. The van der Waals surface area contributed by atoms with Crippen molar-refractivity contribution < 1.29 is 14.3 Å². The molecule has 0 aliphatic heterocycles. The third-order valence-corrected chi connectivity index (χ3v) is 4.03. The molecule has 148 valence electrons. The van der Waals surface area contributed by atoms with Gasteiger partial charge < -0.3 is 20.7 Å². The van der Waals surface area contributed by atoms with Crippen LogP contribution < -0.4 is 20.7 Å². The molecule has 3 aromatic rings. The molecule has 0 aliphatic rings. The zero-order valence-corrected chi connectivity index (χ0v) is 16.1. The van der Waals surface area contributed by atoms with E-state index in [2.05, 4.69) is 16.0 Å². The van der Waals surface area contributed by atoms with Gasteiger partial charge in [0.05, 0.1) is 12.2 Å². The van der Waals surface area contributed by atoms with Crippen molar-refractivity contribution in [3.8, 4) is 5.75 Å². The number of hydrogen-bond acceptors (Lipinski definition) is 4. The Bertz CT molecular complexity index is 974. The highest BCUT2D eigenvalue weighted by atomic mass is 16.5. The van der Waals surface area contributed by atoms with Crippen LogP contribution >= 0.6 is 0 Å². The van der Waals surface area contributed by atoms with E-state index in [1.807, 2.05) is 54.6 Å². The van der Waals surface area contributed by atoms with Crippen molar-refractivity contribution in [1.82, 2.24) is 0 Å². The molecule has 0 aromatic heterocycles. The summed E-state index contributed by atoms with van der Waals surface area (Å²) in [6.45, 7) is 1.96. The number of hydrogen-bond donors (Lipinski definition) is 3. The van der Waals surface area contributed by atoms with Crippen molar-refractivity contribution >= 4 is 28.9 Å². The Morgan fingerprint density at radius 2 is 1.52 bits per heavy atom. The third kappa shape index (κ3) is 6.39. The first-order valence-electron chi connectivity index (χ1n) is 9.27. The number of nitrogens with one attached hydrogen (secondary N) is 3. The van der Waals surface area contributed by atoms with E-state index < -0.39 is 0 Å². The summed E-state index contributed by atoms with van der Waals surface area (Å²) in [4.78, 5) is 23.5. The molecule has 0 saturated heterocycles. The van der Waals surface area contributed by atoms with Gasteiger partial charge in [-0.25, -0.2) is 0 Å².